The van der Waals surface area contributed by atoms with Crippen LogP contribution in [0, 0.1) is 0 Å². The number of aliphatic hydroxyl groups excluding tert-OH is 6. The number of aliphatic hydroxyl groups is 6. The Bertz CT molecular complexity index is 910. The number of hydroxylamine groups is 4. The Morgan fingerprint density at radius 2 is 1.39 bits per heavy atom. The van der Waals surface area contributed by atoms with Crippen molar-refractivity contribution in [1.29, 1.82) is 0 Å². The van der Waals surface area contributed by atoms with Crippen molar-refractivity contribution in [3.8, 4) is 0 Å². The third-order valence-electron chi connectivity index (χ3n) is 5.05. The molecule has 12 N–H and O–H groups in total. The minimum Gasteiger partial charge on any atom is -0.478 e. The second-order valence-electron chi connectivity index (χ2n) is 9.38. The summed E-state index contributed by atoms with van der Waals surface area (Å²) in [5.41, 5.74) is 2.63. The van der Waals surface area contributed by atoms with E-state index in [1.807, 2.05) is 6.92 Å². The first-order chi connectivity index (χ1) is 21.5. The number of carboxylic acids is 1. The fraction of sp³-hybridized carbons (Fsp3) is 0.643. The van der Waals surface area contributed by atoms with Crippen molar-refractivity contribution >= 4 is 23.7 Å². The van der Waals surface area contributed by atoms with Crippen molar-refractivity contribution < 1.29 is 75.3 Å². The van der Waals surface area contributed by atoms with Gasteiger partial charge in [0.1, 0.15) is 6.79 Å². The number of carboxylic acid groups (broad SMARTS) is 1. The van der Waals surface area contributed by atoms with Crippen LogP contribution >= 0.6 is 0 Å². The molecule has 0 aliphatic rings. The van der Waals surface area contributed by atoms with Crippen LogP contribution in [0.25, 0.3) is 0 Å². The number of hydrogen-bond acceptors (Lipinski definition) is 14. The number of nitrogens with one attached hydrogen (secondary N) is 2. The highest BCUT2D eigenvalue weighted by molar-refractivity contribution is 6.04. The van der Waals surface area contributed by atoms with Crippen LogP contribution in [0.5, 0.6) is 0 Å². The number of ether oxygens (including phenoxy) is 1. The van der Waals surface area contributed by atoms with Crippen LogP contribution in [-0.2, 0) is 14.3 Å². The van der Waals surface area contributed by atoms with Crippen molar-refractivity contribution in [3.63, 3.8) is 0 Å². The number of carbonyl (C=O) groups is 4. The van der Waals surface area contributed by atoms with E-state index in [1.54, 1.807) is 20.8 Å². The first-order valence-corrected chi connectivity index (χ1v) is 14.1. The van der Waals surface area contributed by atoms with Gasteiger partial charge in [0.15, 0.2) is 0 Å². The summed E-state index contributed by atoms with van der Waals surface area (Å²) in [6, 6.07) is 5.61. The molecule has 1 aromatic carbocycles. The summed E-state index contributed by atoms with van der Waals surface area (Å²) in [5.74, 6) is -2.88. The van der Waals surface area contributed by atoms with Gasteiger partial charge in [0.05, 0.1) is 42.1 Å². The lowest BCUT2D eigenvalue weighted by atomic mass is 10.1. The second kappa shape index (κ2) is 33.1. The number of amides is 3. The highest BCUT2D eigenvalue weighted by Gasteiger charge is 2.14. The fourth-order valence-corrected chi connectivity index (χ4v) is 2.32. The summed E-state index contributed by atoms with van der Waals surface area (Å²) in [5, 5.41) is 84.6. The molecule has 18 heteroatoms. The average molecular weight is 672 g/mol. The van der Waals surface area contributed by atoms with E-state index in [1.165, 1.54) is 42.3 Å². The number of rotatable bonds is 14. The Morgan fingerprint density at radius 3 is 1.74 bits per heavy atom. The molecule has 0 aromatic heterocycles. The molecule has 18 nitrogen and oxygen atoms in total. The summed E-state index contributed by atoms with van der Waals surface area (Å²) in [6.07, 6.45) is 0.739. The predicted molar refractivity (Wildman–Crippen MR) is 162 cm³/mol. The van der Waals surface area contributed by atoms with E-state index in [9.17, 15) is 19.2 Å². The Labute approximate surface area is 268 Å². The Hall–Kier alpha value is -3.30. The van der Waals surface area contributed by atoms with E-state index >= 15 is 0 Å². The normalized spacial score (nSPS) is 12.2. The van der Waals surface area contributed by atoms with Crippen LogP contribution in [0.3, 0.4) is 0 Å². The summed E-state index contributed by atoms with van der Waals surface area (Å²) < 4.78 is 4.55. The smallest absolute Gasteiger partial charge is 0.336 e. The Balaban J connectivity index is -0.000000245. The molecule has 0 bridgehead atoms. The zero-order valence-corrected chi connectivity index (χ0v) is 26.9. The van der Waals surface area contributed by atoms with E-state index in [-0.39, 0.29) is 49.9 Å². The molecule has 0 radical (unpaired) electrons. The van der Waals surface area contributed by atoms with Gasteiger partial charge in [-0.15, -0.1) is 0 Å². The number of benzene rings is 1. The van der Waals surface area contributed by atoms with Crippen LogP contribution in [0.4, 0.5) is 0 Å². The van der Waals surface area contributed by atoms with E-state index < -0.39 is 42.2 Å². The quantitative estimate of drug-likeness (QED) is 0.0682. The molecule has 46 heavy (non-hydrogen) atoms. The van der Waals surface area contributed by atoms with Crippen LogP contribution in [0.2, 0.25) is 0 Å². The van der Waals surface area contributed by atoms with Crippen LogP contribution in [-0.4, -0.2) is 132 Å². The molecule has 0 saturated heterocycles. The largest absolute Gasteiger partial charge is 0.478 e. The standard InChI is InChI=1S/C8H7NO4.C6H14O3.2C5H11NO3.C4H10O2/c10-7(9-13)5-3-1-2-4-6(5)8(11)12;1-2-3-6(8)4-9-5-7;1-6(9)5(8)3-2-4-7;1-4(7)2-3-5(8)6-9;1-3(5)4(2)6/h1-4,13H,(H,9,10)(H,11,12);6-8H,2-5H2,1H3;7,9H,2-4H2,1H3;4,7,9H,2-3H2,1H3,(H,6,8);3-6H,1-2H3. The summed E-state index contributed by atoms with van der Waals surface area (Å²) in [7, 11) is 1.26. The van der Waals surface area contributed by atoms with Gasteiger partial charge in [0.2, 0.25) is 11.8 Å². The van der Waals surface area contributed by atoms with Crippen molar-refractivity contribution in [2.24, 2.45) is 0 Å². The molecule has 0 spiro atoms. The molecule has 3 amide bonds. The molecular weight excluding hydrogens is 618 g/mol. The van der Waals surface area contributed by atoms with E-state index in [2.05, 4.69) is 4.74 Å². The summed E-state index contributed by atoms with van der Waals surface area (Å²) in [4.78, 5) is 42.2. The first kappa shape index (κ1) is 49.6. The number of hydrogen-bond donors (Lipinski definition) is 12. The summed E-state index contributed by atoms with van der Waals surface area (Å²) >= 11 is 0. The minimum absolute atomic E-state index is 0.0143. The van der Waals surface area contributed by atoms with Gasteiger partial charge in [-0.25, -0.2) is 20.8 Å². The maximum atomic E-state index is 10.9. The monoisotopic (exact) mass is 671 g/mol. The first-order valence-electron chi connectivity index (χ1n) is 14.1. The van der Waals surface area contributed by atoms with Crippen molar-refractivity contribution in [2.45, 2.75) is 90.6 Å². The molecule has 0 heterocycles. The highest BCUT2D eigenvalue weighted by atomic mass is 16.6. The van der Waals surface area contributed by atoms with Crippen molar-refractivity contribution in [1.82, 2.24) is 16.0 Å². The van der Waals surface area contributed by atoms with Crippen LogP contribution in [0.15, 0.2) is 24.3 Å². The van der Waals surface area contributed by atoms with Gasteiger partial charge >= 0.3 is 5.97 Å². The lowest BCUT2D eigenvalue weighted by Gasteiger charge is -2.06. The zero-order valence-electron chi connectivity index (χ0n) is 26.9. The molecule has 270 valence electrons. The fourth-order valence-electron chi connectivity index (χ4n) is 2.32. The lowest BCUT2D eigenvalue weighted by molar-refractivity contribution is -0.159. The maximum Gasteiger partial charge on any atom is 0.336 e. The van der Waals surface area contributed by atoms with Crippen LogP contribution in [0.1, 0.15) is 86.9 Å². The molecule has 4 unspecified atom stereocenters. The van der Waals surface area contributed by atoms with Gasteiger partial charge in [-0.1, -0.05) is 25.5 Å². The molecule has 4 atom stereocenters. The van der Waals surface area contributed by atoms with Gasteiger partial charge in [-0.3, -0.25) is 30.0 Å². The number of carbonyl (C=O) groups excluding carboxylic acids is 3. The highest BCUT2D eigenvalue weighted by Crippen LogP contribution is 2.08. The number of nitrogens with zero attached hydrogens (tertiary/aromatic N) is 1. The Morgan fingerprint density at radius 1 is 0.870 bits per heavy atom. The molecule has 1 rings (SSSR count). The third-order valence-corrected chi connectivity index (χ3v) is 5.05. The topological polar surface area (TPSA) is 307 Å². The SMILES string of the molecule is CC(O)C(C)O.CC(O)CCC(=O)NO.CCCC(O)COCO.CN(O)C(=O)CCCO.O=C(O)c1ccccc1C(=O)NO. The van der Waals surface area contributed by atoms with Gasteiger partial charge in [-0.2, -0.15) is 0 Å². The van der Waals surface area contributed by atoms with E-state index in [0.717, 1.165) is 12.8 Å². The van der Waals surface area contributed by atoms with Crippen molar-refractivity contribution in [2.75, 3.05) is 27.1 Å². The molecule has 0 fully saturated rings. The minimum atomic E-state index is -1.21. The lowest BCUT2D eigenvalue weighted by Crippen LogP contribution is -2.22. The zero-order chi connectivity index (χ0) is 36.7. The molecule has 0 aliphatic heterocycles. The molecule has 0 aliphatic carbocycles. The van der Waals surface area contributed by atoms with E-state index in [4.69, 9.17) is 51.4 Å². The summed E-state index contributed by atoms with van der Waals surface area (Å²) in [6.45, 7) is 6.59. The Kier molecular flexibility index (Phi) is 35.6. The third kappa shape index (κ3) is 33.6. The van der Waals surface area contributed by atoms with Gasteiger partial charge in [-0.05, 0) is 52.2 Å². The van der Waals surface area contributed by atoms with Crippen molar-refractivity contribution in [3.05, 3.63) is 35.4 Å². The maximum absolute atomic E-state index is 10.9. The van der Waals surface area contributed by atoms with Crippen LogP contribution < -0.4 is 11.0 Å². The van der Waals surface area contributed by atoms with Gasteiger partial charge in [0.25, 0.3) is 5.91 Å². The molecule has 1 aromatic rings. The van der Waals surface area contributed by atoms with Gasteiger partial charge < -0.3 is 40.5 Å². The second-order valence-corrected chi connectivity index (χ2v) is 9.38. The predicted octanol–water partition coefficient (Wildman–Crippen LogP) is -0.375. The molecular formula is C28H53N3O15. The number of aromatic carboxylic acids is 1. The van der Waals surface area contributed by atoms with E-state index in [0.29, 0.717) is 17.9 Å². The molecule has 0 saturated carbocycles. The average Bonchev–Trinajstić information content (AvgIpc) is 3.02. The van der Waals surface area contributed by atoms with Gasteiger partial charge in [0, 0.05) is 26.5 Å².